The second-order valence-corrected chi connectivity index (χ2v) is 35.5. The summed E-state index contributed by atoms with van der Waals surface area (Å²) in [6.07, 6.45) is 14.6. The largest absolute Gasteiger partial charge is 0.468 e. The van der Waals surface area contributed by atoms with Gasteiger partial charge in [0.15, 0.2) is 0 Å². The molecule has 2 aromatic heterocycles. The highest BCUT2D eigenvalue weighted by Gasteiger charge is 2.53. The lowest BCUT2D eigenvalue weighted by Crippen LogP contribution is -2.60. The number of hydrogen-bond acceptors (Lipinski definition) is 4. The average Bonchev–Trinajstić information content (AvgIpc) is 1.63. The van der Waals surface area contributed by atoms with E-state index in [2.05, 4.69) is 261 Å². The van der Waals surface area contributed by atoms with Crippen molar-refractivity contribution in [2.45, 2.75) is 225 Å². The average molecular weight is 1190 g/mol. The Labute approximate surface area is 536 Å². The summed E-state index contributed by atoms with van der Waals surface area (Å²) < 4.78 is 10.8. The smallest absolute Gasteiger partial charge is 0.309 e. The van der Waals surface area contributed by atoms with Gasteiger partial charge in [0.25, 0.3) is 0 Å². The Bertz CT molecular complexity index is 4550. The molecule has 7 aliphatic rings. The quantitative estimate of drug-likeness (QED) is 0.164. The van der Waals surface area contributed by atoms with E-state index in [1.165, 1.54) is 171 Å². The van der Waals surface area contributed by atoms with Crippen LogP contribution in [0.25, 0.3) is 37.8 Å². The fourth-order valence-electron chi connectivity index (χ4n) is 18.6. The summed E-state index contributed by atoms with van der Waals surface area (Å²) in [5.41, 5.74) is 29.0. The molecule has 5 aliphatic carbocycles. The van der Waals surface area contributed by atoms with Gasteiger partial charge in [0.1, 0.15) is 11.2 Å². The van der Waals surface area contributed by atoms with E-state index in [1.54, 1.807) is 0 Å². The molecule has 2 atom stereocenters. The third kappa shape index (κ3) is 8.20. The molecule has 1 saturated carbocycles. The second-order valence-electron chi connectivity index (χ2n) is 34.4. The monoisotopic (exact) mass is 1190 g/mol. The van der Waals surface area contributed by atoms with Gasteiger partial charge in [0.2, 0.25) is 0 Å². The van der Waals surface area contributed by atoms with Crippen molar-refractivity contribution in [3.05, 3.63) is 189 Å². The second kappa shape index (κ2) is 18.6. The zero-order valence-electron chi connectivity index (χ0n) is 56.6. The molecule has 16 rings (SSSR count). The van der Waals surface area contributed by atoms with Crippen LogP contribution in [0.5, 0.6) is 0 Å². The minimum absolute atomic E-state index is 0.00129. The zero-order valence-corrected chi connectivity index (χ0v) is 57.4. The van der Waals surface area contributed by atoms with Crippen LogP contribution < -0.4 is 25.7 Å². The molecule has 9 aromatic rings. The standard InChI is InChI=1S/C84H93BN2OS/c1-76(2,3)52-29-32-66(55(43-52)50-25-19-18-20-26-50)87-68-42-51(58-49-83(16)33-23-24-34-84(83,17)59-28-22-21-27-54(58)59)41-67-71(68)85(74-72(87)56-45-62-64(47-69(56)88-74)81(12,13)39-37-79(62,8)9)75-73(57-46-63-65(48-70(57)89-75)82(14,15)40-38-80(63,10)11)86(67)53-30-31-60-61(44-53)78(6,7)36-35-77(60,4)5/h18-22,25-32,41-49H,23-24,33-40H2,1-17H3. The highest BCUT2D eigenvalue weighted by molar-refractivity contribution is 7.33. The summed E-state index contributed by atoms with van der Waals surface area (Å²) in [6, 6.07) is 51.8. The molecular weight excluding hydrogens is 1100 g/mol. The molecule has 0 amide bonds. The van der Waals surface area contributed by atoms with Crippen molar-refractivity contribution in [3.8, 4) is 11.1 Å². The minimum atomic E-state index is -0.193. The van der Waals surface area contributed by atoms with Gasteiger partial charge in [0, 0.05) is 48.3 Å². The Morgan fingerprint density at radius 1 is 0.449 bits per heavy atom. The van der Waals surface area contributed by atoms with Crippen LogP contribution in [-0.2, 0) is 43.3 Å². The van der Waals surface area contributed by atoms with Crippen molar-refractivity contribution >= 4 is 94.7 Å². The molecule has 0 spiro atoms. The SMILES string of the molecule is CC(C)(C)c1ccc(N2c3cc(C4=CC5(C)CCCCC5(C)c5ccccc54)cc4c3B(c3oc5cc6c(cc5c32)C(C)(C)CCC6(C)C)c2sc3cc5c(cc3c2N4c2ccc3c(c2)C(C)(C)CCC3(C)C)C(C)(C)CCC5(C)C)c(-c2ccccc2)c1. The number of furan rings is 1. The molecule has 454 valence electrons. The molecule has 2 unspecified atom stereocenters. The molecule has 7 aromatic carbocycles. The van der Waals surface area contributed by atoms with E-state index in [0.717, 1.165) is 36.9 Å². The van der Waals surface area contributed by atoms with Gasteiger partial charge in [-0.3, -0.25) is 0 Å². The van der Waals surface area contributed by atoms with Crippen molar-refractivity contribution < 1.29 is 4.42 Å². The van der Waals surface area contributed by atoms with E-state index < -0.39 is 0 Å². The Morgan fingerprint density at radius 3 is 1.66 bits per heavy atom. The van der Waals surface area contributed by atoms with Gasteiger partial charge in [0.05, 0.1) is 17.1 Å². The molecule has 5 heteroatoms. The van der Waals surface area contributed by atoms with Gasteiger partial charge in [-0.2, -0.15) is 0 Å². The summed E-state index contributed by atoms with van der Waals surface area (Å²) in [5, 5.41) is 2.57. The molecule has 0 N–H and O–H groups in total. The maximum atomic E-state index is 8.04. The van der Waals surface area contributed by atoms with E-state index in [1.807, 2.05) is 11.3 Å². The number of anilines is 6. The van der Waals surface area contributed by atoms with Crippen LogP contribution in [0.4, 0.5) is 34.1 Å². The fourth-order valence-corrected chi connectivity index (χ4v) is 19.9. The van der Waals surface area contributed by atoms with E-state index >= 15 is 0 Å². The Hall–Kier alpha value is -6.56. The van der Waals surface area contributed by atoms with Crippen LogP contribution in [0, 0.1) is 5.41 Å². The third-order valence-corrected chi connectivity index (χ3v) is 26.2. The summed E-state index contributed by atoms with van der Waals surface area (Å²) in [7, 11) is 0. The third-order valence-electron chi connectivity index (χ3n) is 25.0. The van der Waals surface area contributed by atoms with E-state index in [4.69, 9.17) is 4.42 Å². The summed E-state index contributed by atoms with van der Waals surface area (Å²) >= 11 is 2.04. The predicted octanol–water partition coefficient (Wildman–Crippen LogP) is 22.0. The topological polar surface area (TPSA) is 19.6 Å². The highest BCUT2D eigenvalue weighted by atomic mass is 32.1. The van der Waals surface area contributed by atoms with Crippen molar-refractivity contribution in [3.63, 3.8) is 0 Å². The molecule has 0 radical (unpaired) electrons. The van der Waals surface area contributed by atoms with Crippen molar-refractivity contribution in [2.24, 2.45) is 5.41 Å². The van der Waals surface area contributed by atoms with Gasteiger partial charge >= 0.3 is 6.71 Å². The first-order valence-electron chi connectivity index (χ1n) is 34.1. The fraction of sp³-hybridized carbons (Fsp3) is 0.429. The van der Waals surface area contributed by atoms with Gasteiger partial charge in [-0.25, -0.2) is 0 Å². The Morgan fingerprint density at radius 2 is 1.01 bits per heavy atom. The van der Waals surface area contributed by atoms with E-state index in [-0.39, 0.29) is 55.4 Å². The maximum absolute atomic E-state index is 8.04. The van der Waals surface area contributed by atoms with Crippen LogP contribution in [0.15, 0.2) is 138 Å². The first kappa shape index (κ1) is 57.6. The Kier molecular flexibility index (Phi) is 12.0. The van der Waals surface area contributed by atoms with Crippen LogP contribution in [0.2, 0.25) is 0 Å². The molecule has 0 bridgehead atoms. The summed E-state index contributed by atoms with van der Waals surface area (Å²) in [6.45, 7) is 42.0. The first-order chi connectivity index (χ1) is 41.9. The van der Waals surface area contributed by atoms with Crippen molar-refractivity contribution in [1.29, 1.82) is 0 Å². The number of nitrogens with zero attached hydrogens (tertiary/aromatic N) is 2. The van der Waals surface area contributed by atoms with E-state index in [0.29, 0.717) is 0 Å². The molecule has 1 fully saturated rings. The van der Waals surface area contributed by atoms with Gasteiger partial charge in [-0.15, -0.1) is 11.3 Å². The molecular formula is C84H93BN2OS. The lowest BCUT2D eigenvalue weighted by Gasteiger charge is -2.53. The molecule has 0 saturated heterocycles. The Balaban J connectivity index is 1.10. The highest BCUT2D eigenvalue weighted by Crippen LogP contribution is 2.61. The number of benzene rings is 7. The van der Waals surface area contributed by atoms with Gasteiger partial charge in [-0.1, -0.05) is 203 Å². The molecule has 4 heterocycles. The van der Waals surface area contributed by atoms with Crippen LogP contribution in [-0.4, -0.2) is 6.71 Å². The van der Waals surface area contributed by atoms with Crippen LogP contribution >= 0.6 is 11.3 Å². The van der Waals surface area contributed by atoms with Gasteiger partial charge in [-0.05, 0) is 228 Å². The number of rotatable bonds is 4. The lowest BCUT2D eigenvalue weighted by molar-refractivity contribution is 0.138. The summed E-state index contributed by atoms with van der Waals surface area (Å²) in [4.78, 5) is 5.54. The van der Waals surface area contributed by atoms with E-state index in [9.17, 15) is 0 Å². The normalized spacial score (nSPS) is 23.5. The molecule has 3 nitrogen and oxygen atoms in total. The number of hydrogen-bond donors (Lipinski definition) is 0. The summed E-state index contributed by atoms with van der Waals surface area (Å²) in [5.74, 6) is 0. The van der Waals surface area contributed by atoms with Crippen molar-refractivity contribution in [1.82, 2.24) is 0 Å². The number of fused-ring (bicyclic) bond motifs is 14. The van der Waals surface area contributed by atoms with Crippen LogP contribution in [0.3, 0.4) is 0 Å². The predicted molar refractivity (Wildman–Crippen MR) is 383 cm³/mol. The van der Waals surface area contributed by atoms with Crippen molar-refractivity contribution in [2.75, 3.05) is 9.80 Å². The maximum Gasteiger partial charge on any atom is 0.309 e. The van der Waals surface area contributed by atoms with Crippen LogP contribution in [0.1, 0.15) is 238 Å². The van der Waals surface area contributed by atoms with Gasteiger partial charge < -0.3 is 14.2 Å². The lowest BCUT2D eigenvalue weighted by atomic mass is 9.38. The zero-order chi connectivity index (χ0) is 62.3. The number of allylic oxidation sites excluding steroid dienone is 1. The molecule has 2 aliphatic heterocycles. The molecule has 89 heavy (non-hydrogen) atoms. The number of thiophene rings is 1. The minimum Gasteiger partial charge on any atom is -0.468 e. The first-order valence-corrected chi connectivity index (χ1v) is 34.9.